The predicted octanol–water partition coefficient (Wildman–Crippen LogP) is 2.60. The molecule has 0 aromatic carbocycles. The average molecular weight is 219 g/mol. The predicted molar refractivity (Wildman–Crippen MR) is 64.5 cm³/mol. The third-order valence-electron chi connectivity index (χ3n) is 4.01. The molecule has 1 aromatic heterocycles. The van der Waals surface area contributed by atoms with E-state index in [1.54, 1.807) is 0 Å². The highest BCUT2D eigenvalue weighted by Crippen LogP contribution is 2.34. The molecule has 0 radical (unpaired) electrons. The van der Waals surface area contributed by atoms with E-state index in [9.17, 15) is 0 Å². The number of hydrogen-bond acceptors (Lipinski definition) is 2. The molecular weight excluding hydrogens is 198 g/mol. The first-order valence-electron chi connectivity index (χ1n) is 6.65. The number of aromatic nitrogens is 2. The second kappa shape index (κ2) is 4.21. The lowest BCUT2D eigenvalue weighted by molar-refractivity contribution is 0.567. The van der Waals surface area contributed by atoms with Gasteiger partial charge < -0.3 is 9.88 Å². The molecule has 16 heavy (non-hydrogen) atoms. The quantitative estimate of drug-likeness (QED) is 0.787. The zero-order chi connectivity index (χ0) is 11.0. The van der Waals surface area contributed by atoms with Gasteiger partial charge in [-0.15, -0.1) is 0 Å². The van der Waals surface area contributed by atoms with Crippen LogP contribution in [0.3, 0.4) is 0 Å². The van der Waals surface area contributed by atoms with Crippen LogP contribution < -0.4 is 5.32 Å². The molecule has 1 saturated carbocycles. The summed E-state index contributed by atoms with van der Waals surface area (Å²) >= 11 is 0. The number of hydrogen-bond donors (Lipinski definition) is 1. The number of rotatable bonds is 1. The number of nitrogens with one attached hydrogen (secondary N) is 1. The van der Waals surface area contributed by atoms with Gasteiger partial charge in [-0.2, -0.15) is 0 Å². The van der Waals surface area contributed by atoms with Crippen molar-refractivity contribution in [1.82, 2.24) is 14.9 Å². The number of aryl methyl sites for hydroxylation is 1. The molecule has 1 fully saturated rings. The molecule has 88 valence electrons. The lowest BCUT2D eigenvalue weighted by Gasteiger charge is -2.09. The Kier molecular flexibility index (Phi) is 2.72. The summed E-state index contributed by atoms with van der Waals surface area (Å²) in [6.07, 6.45) is 9.00. The molecule has 1 aliphatic carbocycles. The highest BCUT2D eigenvalue weighted by Gasteiger charge is 2.23. The van der Waals surface area contributed by atoms with E-state index in [4.69, 9.17) is 4.98 Å². The second-order valence-corrected chi connectivity index (χ2v) is 5.23. The van der Waals surface area contributed by atoms with Crippen molar-refractivity contribution in [2.45, 2.75) is 57.5 Å². The van der Waals surface area contributed by atoms with Crippen molar-refractivity contribution >= 4 is 0 Å². The fourth-order valence-corrected chi connectivity index (χ4v) is 3.05. The Morgan fingerprint density at radius 1 is 1.31 bits per heavy atom. The van der Waals surface area contributed by atoms with Crippen molar-refractivity contribution in [3.05, 3.63) is 17.7 Å². The topological polar surface area (TPSA) is 29.9 Å². The number of imidazole rings is 1. The highest BCUT2D eigenvalue weighted by molar-refractivity contribution is 5.13. The Morgan fingerprint density at radius 3 is 2.94 bits per heavy atom. The van der Waals surface area contributed by atoms with Crippen LogP contribution >= 0.6 is 0 Å². The fourth-order valence-electron chi connectivity index (χ4n) is 3.05. The van der Waals surface area contributed by atoms with Crippen molar-refractivity contribution in [2.24, 2.45) is 0 Å². The van der Waals surface area contributed by atoms with Crippen molar-refractivity contribution in [2.75, 3.05) is 6.54 Å². The smallest absolute Gasteiger partial charge is 0.125 e. The van der Waals surface area contributed by atoms with Crippen LogP contribution in [0.4, 0.5) is 0 Å². The molecule has 1 N–H and O–H groups in total. The van der Waals surface area contributed by atoms with Gasteiger partial charge in [0.25, 0.3) is 0 Å². The monoisotopic (exact) mass is 219 g/mol. The van der Waals surface area contributed by atoms with Crippen LogP contribution in [0.2, 0.25) is 0 Å². The Morgan fingerprint density at radius 2 is 2.12 bits per heavy atom. The summed E-state index contributed by atoms with van der Waals surface area (Å²) in [5.74, 6) is 1.99. The fraction of sp³-hybridized carbons (Fsp3) is 0.769. The van der Waals surface area contributed by atoms with Gasteiger partial charge >= 0.3 is 0 Å². The summed E-state index contributed by atoms with van der Waals surface area (Å²) in [6.45, 7) is 4.47. The van der Waals surface area contributed by atoms with Gasteiger partial charge in [0.15, 0.2) is 0 Å². The SMILES string of the molecule is C[C@H]1NCCCn2cc(C3CCCC3)nc21. The molecule has 0 spiro atoms. The number of fused-ring (bicyclic) bond motifs is 1. The van der Waals surface area contributed by atoms with Gasteiger partial charge in [-0.1, -0.05) is 12.8 Å². The molecule has 1 aliphatic heterocycles. The zero-order valence-electron chi connectivity index (χ0n) is 10.1. The summed E-state index contributed by atoms with van der Waals surface area (Å²) in [4.78, 5) is 4.87. The van der Waals surface area contributed by atoms with Gasteiger partial charge in [0.2, 0.25) is 0 Å². The van der Waals surface area contributed by atoms with E-state index in [1.807, 2.05) is 0 Å². The van der Waals surface area contributed by atoms with Crippen molar-refractivity contribution in [1.29, 1.82) is 0 Å². The lowest BCUT2D eigenvalue weighted by atomic mass is 10.1. The van der Waals surface area contributed by atoms with Crippen molar-refractivity contribution in [3.63, 3.8) is 0 Å². The molecule has 3 rings (SSSR count). The molecule has 0 bridgehead atoms. The van der Waals surface area contributed by atoms with Crippen molar-refractivity contribution < 1.29 is 0 Å². The third-order valence-corrected chi connectivity index (χ3v) is 4.01. The average Bonchev–Trinajstić information content (AvgIpc) is 2.90. The normalized spacial score (nSPS) is 26.7. The van der Waals surface area contributed by atoms with Crippen molar-refractivity contribution in [3.8, 4) is 0 Å². The maximum absolute atomic E-state index is 4.87. The largest absolute Gasteiger partial charge is 0.333 e. The van der Waals surface area contributed by atoms with Gasteiger partial charge in [0.05, 0.1) is 11.7 Å². The molecule has 1 aromatic rings. The van der Waals surface area contributed by atoms with Crippen LogP contribution in [0.15, 0.2) is 6.20 Å². The highest BCUT2D eigenvalue weighted by atomic mass is 15.1. The first kappa shape index (κ1) is 10.3. The molecule has 1 atom stereocenters. The maximum Gasteiger partial charge on any atom is 0.125 e. The van der Waals surface area contributed by atoms with Crippen LogP contribution in [-0.4, -0.2) is 16.1 Å². The minimum Gasteiger partial charge on any atom is -0.333 e. The Labute approximate surface area is 97.3 Å². The minimum absolute atomic E-state index is 0.414. The third kappa shape index (κ3) is 1.77. The van der Waals surface area contributed by atoms with Crippen LogP contribution in [0.5, 0.6) is 0 Å². The summed E-state index contributed by atoms with van der Waals surface area (Å²) in [6, 6.07) is 0.414. The zero-order valence-corrected chi connectivity index (χ0v) is 10.1. The van der Waals surface area contributed by atoms with E-state index >= 15 is 0 Å². The van der Waals surface area contributed by atoms with E-state index in [0.29, 0.717) is 6.04 Å². The first-order valence-corrected chi connectivity index (χ1v) is 6.65. The molecule has 3 nitrogen and oxygen atoms in total. The van der Waals surface area contributed by atoms with E-state index in [2.05, 4.69) is 23.0 Å². The van der Waals surface area contributed by atoms with Gasteiger partial charge in [0.1, 0.15) is 5.82 Å². The van der Waals surface area contributed by atoms with Crippen LogP contribution in [-0.2, 0) is 6.54 Å². The standard InChI is InChI=1S/C13H21N3/c1-10-13-15-12(11-5-2-3-6-11)9-16(13)8-4-7-14-10/h9-11,14H,2-8H2,1H3/t10-/m1/s1. The van der Waals surface area contributed by atoms with Crippen LogP contribution in [0, 0.1) is 0 Å². The summed E-state index contributed by atoms with van der Waals surface area (Å²) < 4.78 is 2.37. The molecule has 0 unspecified atom stereocenters. The summed E-state index contributed by atoms with van der Waals surface area (Å²) in [7, 11) is 0. The van der Waals surface area contributed by atoms with E-state index in [0.717, 1.165) is 19.0 Å². The number of nitrogens with zero attached hydrogens (tertiary/aromatic N) is 2. The molecular formula is C13H21N3. The minimum atomic E-state index is 0.414. The molecule has 3 heteroatoms. The Hall–Kier alpha value is -0.830. The molecule has 2 heterocycles. The summed E-state index contributed by atoms with van der Waals surface area (Å²) in [5.41, 5.74) is 1.35. The Bertz CT molecular complexity index is 363. The molecule has 0 saturated heterocycles. The Balaban J connectivity index is 1.89. The van der Waals surface area contributed by atoms with Gasteiger partial charge in [0, 0.05) is 18.7 Å². The van der Waals surface area contributed by atoms with Gasteiger partial charge in [-0.25, -0.2) is 4.98 Å². The van der Waals surface area contributed by atoms with Gasteiger partial charge in [-0.05, 0) is 32.7 Å². The van der Waals surface area contributed by atoms with Gasteiger partial charge in [-0.3, -0.25) is 0 Å². The maximum atomic E-state index is 4.87. The second-order valence-electron chi connectivity index (χ2n) is 5.23. The van der Waals surface area contributed by atoms with Crippen LogP contribution in [0.1, 0.15) is 62.5 Å². The van der Waals surface area contributed by atoms with Crippen LogP contribution in [0.25, 0.3) is 0 Å². The molecule has 2 aliphatic rings. The summed E-state index contributed by atoms with van der Waals surface area (Å²) in [5, 5.41) is 3.52. The van der Waals surface area contributed by atoms with E-state index in [1.165, 1.54) is 43.6 Å². The first-order chi connectivity index (χ1) is 7.84. The van der Waals surface area contributed by atoms with E-state index in [-0.39, 0.29) is 0 Å². The lowest BCUT2D eigenvalue weighted by Crippen LogP contribution is -2.18. The molecule has 0 amide bonds. The van der Waals surface area contributed by atoms with E-state index < -0.39 is 0 Å².